The van der Waals surface area contributed by atoms with Gasteiger partial charge in [0.05, 0.1) is 22.5 Å². The molecule has 1 amide bonds. The second kappa shape index (κ2) is 10.9. The molecule has 1 aromatic heterocycles. The van der Waals surface area contributed by atoms with Gasteiger partial charge >= 0.3 is 12.1 Å². The Balaban J connectivity index is 1.67. The van der Waals surface area contributed by atoms with E-state index in [4.69, 9.17) is 9.84 Å². The van der Waals surface area contributed by atoms with Crippen LogP contribution in [-0.4, -0.2) is 21.7 Å². The molecule has 1 heterocycles. The summed E-state index contributed by atoms with van der Waals surface area (Å²) in [5.74, 6) is -0.715. The second-order valence-corrected chi connectivity index (χ2v) is 8.78. The Labute approximate surface area is 218 Å². The van der Waals surface area contributed by atoms with Gasteiger partial charge in [-0.1, -0.05) is 43.7 Å². The van der Waals surface area contributed by atoms with E-state index in [0.717, 1.165) is 53.2 Å². The van der Waals surface area contributed by atoms with E-state index < -0.39 is 23.6 Å². The second-order valence-electron chi connectivity index (χ2n) is 8.78. The van der Waals surface area contributed by atoms with Crippen molar-refractivity contribution in [1.82, 2.24) is 9.78 Å². The average molecular weight is 522 g/mol. The molecule has 6 nitrogen and oxygen atoms in total. The van der Waals surface area contributed by atoms with Gasteiger partial charge < -0.3 is 10.1 Å². The molecule has 38 heavy (non-hydrogen) atoms. The molecule has 1 N–H and O–H groups in total. The predicted octanol–water partition coefficient (Wildman–Crippen LogP) is 7.00. The number of nitrogens with zero attached hydrogens (tertiary/aromatic N) is 2. The summed E-state index contributed by atoms with van der Waals surface area (Å²) in [7, 11) is 0. The van der Waals surface area contributed by atoms with Crippen LogP contribution in [0.5, 0.6) is 5.88 Å². The van der Waals surface area contributed by atoms with Crippen molar-refractivity contribution in [3.8, 4) is 22.7 Å². The first-order valence-electron chi connectivity index (χ1n) is 12.0. The summed E-state index contributed by atoms with van der Waals surface area (Å²) in [4.78, 5) is 24.6. The van der Waals surface area contributed by atoms with Gasteiger partial charge in [-0.15, -0.1) is 0 Å². The summed E-state index contributed by atoms with van der Waals surface area (Å²) < 4.78 is 45.7. The van der Waals surface area contributed by atoms with Gasteiger partial charge in [-0.2, -0.15) is 23.0 Å². The van der Waals surface area contributed by atoms with Crippen molar-refractivity contribution in [1.29, 1.82) is 0 Å². The highest BCUT2D eigenvalue weighted by Crippen LogP contribution is 2.37. The van der Waals surface area contributed by atoms with Gasteiger partial charge in [0.25, 0.3) is 5.91 Å². The maximum absolute atomic E-state index is 12.8. The van der Waals surface area contributed by atoms with Gasteiger partial charge in [-0.3, -0.25) is 9.59 Å². The molecule has 3 aromatic carbocycles. The van der Waals surface area contributed by atoms with Crippen molar-refractivity contribution < 1.29 is 27.5 Å². The van der Waals surface area contributed by atoms with Crippen LogP contribution in [0.2, 0.25) is 0 Å². The third kappa shape index (κ3) is 5.77. The molecule has 0 aliphatic rings. The first-order chi connectivity index (χ1) is 18.1. The molecule has 0 radical (unpaired) electrons. The quantitative estimate of drug-likeness (QED) is 0.266. The molecule has 0 aliphatic heterocycles. The van der Waals surface area contributed by atoms with Crippen LogP contribution in [-0.2, 0) is 17.4 Å². The summed E-state index contributed by atoms with van der Waals surface area (Å²) in [5, 5.41) is 7.48. The topological polar surface area (TPSA) is 73.2 Å². The molecule has 0 spiro atoms. The Morgan fingerprint density at radius 2 is 1.63 bits per heavy atom. The van der Waals surface area contributed by atoms with Gasteiger partial charge in [0.15, 0.2) is 0 Å². The van der Waals surface area contributed by atoms with E-state index in [-0.39, 0.29) is 5.56 Å². The summed E-state index contributed by atoms with van der Waals surface area (Å²) in [5.41, 5.74) is 3.64. The van der Waals surface area contributed by atoms with Gasteiger partial charge in [-0.05, 0) is 66.9 Å². The molecule has 0 saturated carbocycles. The number of halogens is 3. The van der Waals surface area contributed by atoms with Crippen molar-refractivity contribution in [3.05, 3.63) is 95.2 Å². The van der Waals surface area contributed by atoms with E-state index >= 15 is 0 Å². The largest absolute Gasteiger partial charge is 0.416 e. The highest BCUT2D eigenvalue weighted by Gasteiger charge is 2.30. The number of para-hydroxylation sites is 1. The van der Waals surface area contributed by atoms with Crippen LogP contribution in [0, 0.1) is 6.92 Å². The Morgan fingerprint density at radius 1 is 0.974 bits per heavy atom. The van der Waals surface area contributed by atoms with Crippen LogP contribution in [0.3, 0.4) is 0 Å². The highest BCUT2D eigenvalue weighted by molar-refractivity contribution is 6.04. The summed E-state index contributed by atoms with van der Waals surface area (Å²) in [6.45, 7) is 5.31. The fourth-order valence-electron chi connectivity index (χ4n) is 4.08. The molecule has 9 heteroatoms. The number of hydrogen-bond donors (Lipinski definition) is 1. The normalized spacial score (nSPS) is 11.3. The highest BCUT2D eigenvalue weighted by atomic mass is 19.4. The van der Waals surface area contributed by atoms with Gasteiger partial charge in [0, 0.05) is 18.2 Å². The van der Waals surface area contributed by atoms with Crippen LogP contribution in [0.15, 0.2) is 72.8 Å². The zero-order chi connectivity index (χ0) is 27.4. The Bertz CT molecular complexity index is 1460. The standard InChI is InChI=1S/C29H26F3N3O3/c1-4-7-24-26(28(38-19(3)36)35(34-24)25-9-6-5-8-18(25)2)20-12-16-23(17-13-20)33-27(37)21-10-14-22(15-11-21)29(30,31)32/h5-6,8-17H,4,7H2,1-3H3,(H,33,37). The van der Waals surface area contributed by atoms with Gasteiger partial charge in [-0.25, -0.2) is 0 Å². The number of amides is 1. The number of rotatable bonds is 7. The van der Waals surface area contributed by atoms with E-state index in [1.165, 1.54) is 6.92 Å². The zero-order valence-corrected chi connectivity index (χ0v) is 21.1. The van der Waals surface area contributed by atoms with Crippen LogP contribution >= 0.6 is 0 Å². The van der Waals surface area contributed by atoms with Crippen molar-refractivity contribution in [2.45, 2.75) is 39.8 Å². The minimum Gasteiger partial charge on any atom is -0.407 e. The molecule has 0 bridgehead atoms. The van der Waals surface area contributed by atoms with Gasteiger partial charge in [0.2, 0.25) is 5.88 Å². The van der Waals surface area contributed by atoms with Crippen LogP contribution in [0.25, 0.3) is 16.8 Å². The maximum Gasteiger partial charge on any atom is 0.416 e. The number of aryl methyl sites for hydroxylation is 2. The minimum absolute atomic E-state index is 0.101. The number of benzene rings is 3. The predicted molar refractivity (Wildman–Crippen MR) is 138 cm³/mol. The third-order valence-corrected chi connectivity index (χ3v) is 5.89. The fraction of sp³-hybridized carbons (Fsp3) is 0.207. The molecule has 4 rings (SSSR count). The number of aromatic nitrogens is 2. The van der Waals surface area contributed by atoms with E-state index in [2.05, 4.69) is 5.32 Å². The van der Waals surface area contributed by atoms with Crippen LogP contribution < -0.4 is 10.1 Å². The van der Waals surface area contributed by atoms with Crippen molar-refractivity contribution >= 4 is 17.6 Å². The Kier molecular flexibility index (Phi) is 7.66. The third-order valence-electron chi connectivity index (χ3n) is 5.89. The summed E-state index contributed by atoms with van der Waals surface area (Å²) >= 11 is 0. The average Bonchev–Trinajstić information content (AvgIpc) is 3.21. The first-order valence-corrected chi connectivity index (χ1v) is 12.0. The molecule has 4 aromatic rings. The number of esters is 1. The molecular formula is C29H26F3N3O3. The number of alkyl halides is 3. The summed E-state index contributed by atoms with van der Waals surface area (Å²) in [6, 6.07) is 18.5. The van der Waals surface area contributed by atoms with E-state index in [0.29, 0.717) is 23.6 Å². The van der Waals surface area contributed by atoms with E-state index in [1.54, 1.807) is 28.9 Å². The summed E-state index contributed by atoms with van der Waals surface area (Å²) in [6.07, 6.45) is -3.01. The molecule has 0 fully saturated rings. The number of carbonyl (C=O) groups is 2. The lowest BCUT2D eigenvalue weighted by atomic mass is 10.0. The number of carbonyl (C=O) groups excluding carboxylic acids is 2. The number of nitrogens with one attached hydrogen (secondary N) is 1. The lowest BCUT2D eigenvalue weighted by Gasteiger charge is -2.12. The molecule has 0 saturated heterocycles. The van der Waals surface area contributed by atoms with Crippen molar-refractivity contribution in [2.75, 3.05) is 5.32 Å². The molecule has 196 valence electrons. The number of ether oxygens (including phenoxy) is 1. The first kappa shape index (κ1) is 26.7. The minimum atomic E-state index is -4.47. The maximum atomic E-state index is 12.8. The van der Waals surface area contributed by atoms with Crippen molar-refractivity contribution in [2.24, 2.45) is 0 Å². The van der Waals surface area contributed by atoms with E-state index in [9.17, 15) is 22.8 Å². The molecule has 0 atom stereocenters. The SMILES string of the molecule is CCCc1nn(-c2ccccc2C)c(OC(C)=O)c1-c1ccc(NC(=O)c2ccc(C(F)(F)F)cc2)cc1. The fourth-order valence-corrected chi connectivity index (χ4v) is 4.08. The molecule has 0 unspecified atom stereocenters. The monoisotopic (exact) mass is 521 g/mol. The van der Waals surface area contributed by atoms with Gasteiger partial charge in [0.1, 0.15) is 0 Å². The number of hydrogen-bond acceptors (Lipinski definition) is 4. The Hall–Kier alpha value is -4.40. The smallest absolute Gasteiger partial charge is 0.407 e. The van der Waals surface area contributed by atoms with Crippen LogP contribution in [0.1, 0.15) is 47.4 Å². The van der Waals surface area contributed by atoms with E-state index in [1.807, 2.05) is 38.1 Å². The number of anilines is 1. The van der Waals surface area contributed by atoms with Crippen molar-refractivity contribution in [3.63, 3.8) is 0 Å². The lowest BCUT2D eigenvalue weighted by Crippen LogP contribution is -2.12. The van der Waals surface area contributed by atoms with Crippen LogP contribution in [0.4, 0.5) is 18.9 Å². The zero-order valence-electron chi connectivity index (χ0n) is 21.1. The molecular weight excluding hydrogens is 495 g/mol. The molecule has 0 aliphatic carbocycles. The Morgan fingerprint density at radius 3 is 2.21 bits per heavy atom. The lowest BCUT2D eigenvalue weighted by molar-refractivity contribution is -0.137.